The molecule has 0 aliphatic carbocycles. The van der Waals surface area contributed by atoms with Crippen molar-refractivity contribution in [3.63, 3.8) is 0 Å². The molecule has 0 radical (unpaired) electrons. The number of aliphatic hydroxyl groups is 1. The van der Waals surface area contributed by atoms with Crippen molar-refractivity contribution in [2.24, 2.45) is 5.92 Å². The van der Waals surface area contributed by atoms with Crippen molar-refractivity contribution in [3.8, 4) is 0 Å². The Morgan fingerprint density at radius 1 is 1.33 bits per heavy atom. The summed E-state index contributed by atoms with van der Waals surface area (Å²) >= 11 is 0. The van der Waals surface area contributed by atoms with E-state index in [-0.39, 0.29) is 18.7 Å². The number of hydrogen-bond acceptors (Lipinski definition) is 3. The summed E-state index contributed by atoms with van der Waals surface area (Å²) in [6.45, 7) is 5.88. The Morgan fingerprint density at radius 3 is 2.47 bits per heavy atom. The van der Waals surface area contributed by atoms with Gasteiger partial charge in [0.1, 0.15) is 6.10 Å². The summed E-state index contributed by atoms with van der Waals surface area (Å²) in [5, 5.41) is 8.75. The van der Waals surface area contributed by atoms with Crippen molar-refractivity contribution in [3.05, 3.63) is 0 Å². The van der Waals surface area contributed by atoms with Crippen LogP contribution in [0.1, 0.15) is 52.9 Å². The van der Waals surface area contributed by atoms with Crippen molar-refractivity contribution >= 4 is 5.97 Å². The number of hydrogen-bond donors (Lipinski definition) is 1. The maximum absolute atomic E-state index is 10.9. The Kier molecular flexibility index (Phi) is 8.38. The molecule has 0 spiro atoms. The molecule has 0 aliphatic heterocycles. The number of carbonyl (C=O) groups is 1. The van der Waals surface area contributed by atoms with Crippen LogP contribution in [0.3, 0.4) is 0 Å². The zero-order chi connectivity index (χ0) is 11.7. The van der Waals surface area contributed by atoms with Gasteiger partial charge in [-0.3, -0.25) is 4.79 Å². The highest BCUT2D eigenvalue weighted by Gasteiger charge is 2.19. The van der Waals surface area contributed by atoms with Gasteiger partial charge in [0.2, 0.25) is 0 Å². The van der Waals surface area contributed by atoms with E-state index in [1.54, 1.807) is 0 Å². The zero-order valence-corrected chi connectivity index (χ0v) is 10.2. The van der Waals surface area contributed by atoms with Crippen LogP contribution in [0.5, 0.6) is 0 Å². The first kappa shape index (κ1) is 14.4. The number of rotatable bonds is 8. The standard InChI is InChI=1S/C12H24O3/c1-4-5-8-12(15-11(3)14)10(2)7-6-9-13/h10,12-13H,4-9H2,1-3H3/t10-,12-/m0/s1. The summed E-state index contributed by atoms with van der Waals surface area (Å²) in [4.78, 5) is 10.9. The minimum Gasteiger partial charge on any atom is -0.462 e. The minimum atomic E-state index is -0.202. The molecular weight excluding hydrogens is 192 g/mol. The van der Waals surface area contributed by atoms with Gasteiger partial charge in [0.05, 0.1) is 0 Å². The van der Waals surface area contributed by atoms with Gasteiger partial charge in [-0.15, -0.1) is 0 Å². The molecule has 1 N–H and O–H groups in total. The molecule has 90 valence electrons. The number of carbonyl (C=O) groups excluding carboxylic acids is 1. The fourth-order valence-corrected chi connectivity index (χ4v) is 1.68. The number of ether oxygens (including phenoxy) is 1. The van der Waals surface area contributed by atoms with E-state index >= 15 is 0 Å². The first-order valence-electron chi connectivity index (χ1n) is 5.89. The van der Waals surface area contributed by atoms with Gasteiger partial charge >= 0.3 is 5.97 Å². The first-order chi connectivity index (χ1) is 7.11. The Hall–Kier alpha value is -0.570. The van der Waals surface area contributed by atoms with Crippen LogP contribution >= 0.6 is 0 Å². The quantitative estimate of drug-likeness (QED) is 0.634. The smallest absolute Gasteiger partial charge is 0.302 e. The van der Waals surface area contributed by atoms with Crippen LogP contribution in [0.15, 0.2) is 0 Å². The third kappa shape index (κ3) is 7.37. The first-order valence-corrected chi connectivity index (χ1v) is 5.89. The van der Waals surface area contributed by atoms with Gasteiger partial charge in [0.15, 0.2) is 0 Å². The van der Waals surface area contributed by atoms with Gasteiger partial charge in [0.25, 0.3) is 0 Å². The predicted molar refractivity (Wildman–Crippen MR) is 60.6 cm³/mol. The molecule has 0 aromatic heterocycles. The van der Waals surface area contributed by atoms with Crippen molar-refractivity contribution < 1.29 is 14.6 Å². The second kappa shape index (κ2) is 8.72. The van der Waals surface area contributed by atoms with Gasteiger partial charge in [-0.25, -0.2) is 0 Å². The molecule has 0 heterocycles. The third-order valence-electron chi connectivity index (χ3n) is 2.61. The summed E-state index contributed by atoms with van der Waals surface area (Å²) in [5.41, 5.74) is 0. The highest BCUT2D eigenvalue weighted by molar-refractivity contribution is 5.66. The monoisotopic (exact) mass is 216 g/mol. The number of aliphatic hydroxyl groups excluding tert-OH is 1. The molecule has 0 saturated carbocycles. The van der Waals surface area contributed by atoms with Crippen molar-refractivity contribution in [2.45, 2.75) is 59.0 Å². The molecule has 0 aromatic carbocycles. The van der Waals surface area contributed by atoms with Gasteiger partial charge < -0.3 is 9.84 Å². The minimum absolute atomic E-state index is 0.0222. The molecule has 0 rings (SSSR count). The average molecular weight is 216 g/mol. The SMILES string of the molecule is CCCC[C@H](OC(C)=O)[C@@H](C)CCCO. The highest BCUT2D eigenvalue weighted by Crippen LogP contribution is 2.19. The summed E-state index contributed by atoms with van der Waals surface area (Å²) in [7, 11) is 0. The Balaban J connectivity index is 4.01. The van der Waals surface area contributed by atoms with Crippen LogP contribution in [0.2, 0.25) is 0 Å². The topological polar surface area (TPSA) is 46.5 Å². The van der Waals surface area contributed by atoms with Crippen LogP contribution in [0.25, 0.3) is 0 Å². The Morgan fingerprint density at radius 2 is 2.00 bits per heavy atom. The molecule has 0 aliphatic rings. The number of unbranched alkanes of at least 4 members (excludes halogenated alkanes) is 1. The van der Waals surface area contributed by atoms with E-state index in [2.05, 4.69) is 13.8 Å². The maximum atomic E-state index is 10.9. The van der Waals surface area contributed by atoms with Gasteiger partial charge in [0, 0.05) is 13.5 Å². The molecular formula is C12H24O3. The van der Waals surface area contributed by atoms with Crippen LogP contribution in [-0.4, -0.2) is 23.8 Å². The summed E-state index contributed by atoms with van der Waals surface area (Å²) in [5.74, 6) is 0.138. The second-order valence-corrected chi connectivity index (χ2v) is 4.13. The predicted octanol–water partition coefficient (Wildman–Crippen LogP) is 2.52. The maximum Gasteiger partial charge on any atom is 0.302 e. The summed E-state index contributed by atoms with van der Waals surface area (Å²) in [6.07, 6.45) is 4.85. The lowest BCUT2D eigenvalue weighted by Gasteiger charge is -2.23. The van der Waals surface area contributed by atoms with E-state index < -0.39 is 0 Å². The van der Waals surface area contributed by atoms with E-state index in [0.717, 1.165) is 32.1 Å². The van der Waals surface area contributed by atoms with Crippen LogP contribution < -0.4 is 0 Å². The molecule has 0 bridgehead atoms. The Bertz CT molecular complexity index is 168. The van der Waals surface area contributed by atoms with Crippen molar-refractivity contribution in [2.75, 3.05) is 6.61 Å². The van der Waals surface area contributed by atoms with E-state index in [1.807, 2.05) is 0 Å². The van der Waals surface area contributed by atoms with E-state index in [1.165, 1.54) is 6.92 Å². The lowest BCUT2D eigenvalue weighted by atomic mass is 9.95. The zero-order valence-electron chi connectivity index (χ0n) is 10.2. The highest BCUT2D eigenvalue weighted by atomic mass is 16.5. The van der Waals surface area contributed by atoms with Gasteiger partial charge in [-0.2, -0.15) is 0 Å². The van der Waals surface area contributed by atoms with Gasteiger partial charge in [-0.1, -0.05) is 26.7 Å². The van der Waals surface area contributed by atoms with Gasteiger partial charge in [-0.05, 0) is 25.2 Å². The lowest BCUT2D eigenvalue weighted by molar-refractivity contribution is -0.149. The van der Waals surface area contributed by atoms with Crippen LogP contribution in [-0.2, 0) is 9.53 Å². The summed E-state index contributed by atoms with van der Waals surface area (Å²) < 4.78 is 5.29. The average Bonchev–Trinajstić information content (AvgIpc) is 2.20. The fraction of sp³-hybridized carbons (Fsp3) is 0.917. The van der Waals surface area contributed by atoms with E-state index in [9.17, 15) is 4.79 Å². The van der Waals surface area contributed by atoms with Crippen LogP contribution in [0.4, 0.5) is 0 Å². The molecule has 2 atom stereocenters. The molecule has 15 heavy (non-hydrogen) atoms. The molecule has 0 aromatic rings. The Labute approximate surface area is 92.8 Å². The molecule has 0 unspecified atom stereocenters. The largest absolute Gasteiger partial charge is 0.462 e. The fourth-order valence-electron chi connectivity index (χ4n) is 1.68. The van der Waals surface area contributed by atoms with Crippen LogP contribution in [0, 0.1) is 5.92 Å². The normalized spacial score (nSPS) is 14.7. The second-order valence-electron chi connectivity index (χ2n) is 4.13. The van der Waals surface area contributed by atoms with Crippen molar-refractivity contribution in [1.82, 2.24) is 0 Å². The number of esters is 1. The molecule has 0 amide bonds. The molecule has 0 fully saturated rings. The summed E-state index contributed by atoms with van der Waals surface area (Å²) in [6, 6.07) is 0. The lowest BCUT2D eigenvalue weighted by Crippen LogP contribution is -2.24. The molecule has 3 heteroatoms. The van der Waals surface area contributed by atoms with E-state index in [4.69, 9.17) is 9.84 Å². The third-order valence-corrected chi connectivity index (χ3v) is 2.61. The molecule has 3 nitrogen and oxygen atoms in total. The van der Waals surface area contributed by atoms with E-state index in [0.29, 0.717) is 5.92 Å². The van der Waals surface area contributed by atoms with Crippen molar-refractivity contribution in [1.29, 1.82) is 0 Å². The molecule has 0 saturated heterocycles.